The first-order chi connectivity index (χ1) is 15.3. The number of carbonyl (C=O) groups is 1. The number of aromatic amines is 1. The minimum atomic E-state index is -0.137. The number of aromatic nitrogens is 1. The number of allylic oxidation sites excluding steroid dienone is 2. The van der Waals surface area contributed by atoms with E-state index in [9.17, 15) is 9.59 Å². The number of pyridine rings is 1. The van der Waals surface area contributed by atoms with Crippen LogP contribution < -0.4 is 10.9 Å². The first-order valence-corrected chi connectivity index (χ1v) is 12.3. The molecule has 0 spiro atoms. The van der Waals surface area contributed by atoms with Crippen molar-refractivity contribution < 1.29 is 4.79 Å². The van der Waals surface area contributed by atoms with Crippen LogP contribution in [0.2, 0.25) is 0 Å². The van der Waals surface area contributed by atoms with Gasteiger partial charge in [-0.3, -0.25) is 9.59 Å². The van der Waals surface area contributed by atoms with Crippen LogP contribution in [0.4, 0.5) is 0 Å². The molecule has 2 aromatic heterocycles. The number of amides is 1. The summed E-state index contributed by atoms with van der Waals surface area (Å²) >= 11 is 1.64. The molecule has 0 radical (unpaired) electrons. The van der Waals surface area contributed by atoms with E-state index in [0.29, 0.717) is 11.1 Å². The highest BCUT2D eigenvalue weighted by Crippen LogP contribution is 2.31. The number of carbonyl (C=O) groups excluding carboxylic acids is 1. The Morgan fingerprint density at radius 1 is 1.22 bits per heavy atom. The summed E-state index contributed by atoms with van der Waals surface area (Å²) in [4.78, 5) is 34.0. The lowest BCUT2D eigenvalue weighted by molar-refractivity contribution is 0.0950. The van der Waals surface area contributed by atoms with E-state index in [-0.39, 0.29) is 18.0 Å². The van der Waals surface area contributed by atoms with Crippen molar-refractivity contribution in [2.24, 2.45) is 0 Å². The van der Waals surface area contributed by atoms with Crippen molar-refractivity contribution in [1.82, 2.24) is 20.1 Å². The molecule has 0 bridgehead atoms. The van der Waals surface area contributed by atoms with Crippen LogP contribution in [0.1, 0.15) is 57.4 Å². The molecule has 0 unspecified atom stereocenters. The van der Waals surface area contributed by atoms with Gasteiger partial charge in [0.1, 0.15) is 0 Å². The number of likely N-dealkylation sites (N-methyl/N-ethyl adjacent to an activating group) is 1. The summed E-state index contributed by atoms with van der Waals surface area (Å²) < 4.78 is 0. The summed E-state index contributed by atoms with van der Waals surface area (Å²) in [6.45, 7) is 13.8. The summed E-state index contributed by atoms with van der Waals surface area (Å²) in [6, 6.07) is 1.93. The molecule has 32 heavy (non-hydrogen) atoms. The molecular formula is C25H36N4O2S. The summed E-state index contributed by atoms with van der Waals surface area (Å²) in [5, 5.41) is 4.88. The molecule has 0 atom stereocenters. The summed E-state index contributed by atoms with van der Waals surface area (Å²) in [6.07, 6.45) is 4.32. The third kappa shape index (κ3) is 5.97. The van der Waals surface area contributed by atoms with Crippen molar-refractivity contribution >= 4 is 22.8 Å². The minimum absolute atomic E-state index is 0.128. The van der Waals surface area contributed by atoms with Gasteiger partial charge in [-0.2, -0.15) is 0 Å². The number of piperazine rings is 1. The number of H-pyrrole nitrogens is 1. The number of nitrogens with one attached hydrogen (secondary N) is 2. The molecule has 1 fully saturated rings. The van der Waals surface area contributed by atoms with Gasteiger partial charge in [0.25, 0.3) is 11.5 Å². The minimum Gasteiger partial charge on any atom is -0.348 e. The van der Waals surface area contributed by atoms with Crippen LogP contribution >= 0.6 is 11.3 Å². The second kappa shape index (κ2) is 11.1. The molecule has 1 aliphatic rings. The second-order valence-electron chi connectivity index (χ2n) is 8.79. The highest BCUT2D eigenvalue weighted by Gasteiger charge is 2.18. The Kier molecular flexibility index (Phi) is 8.45. The predicted octanol–water partition coefficient (Wildman–Crippen LogP) is 3.72. The molecule has 0 aromatic carbocycles. The van der Waals surface area contributed by atoms with E-state index >= 15 is 0 Å². The van der Waals surface area contributed by atoms with Gasteiger partial charge in [-0.15, -0.1) is 11.3 Å². The van der Waals surface area contributed by atoms with Gasteiger partial charge in [0.15, 0.2) is 0 Å². The van der Waals surface area contributed by atoms with E-state index in [4.69, 9.17) is 0 Å². The van der Waals surface area contributed by atoms with Crippen LogP contribution in [0, 0.1) is 20.8 Å². The van der Waals surface area contributed by atoms with Crippen molar-refractivity contribution in [1.29, 1.82) is 0 Å². The Hall–Kier alpha value is -2.22. The largest absolute Gasteiger partial charge is 0.348 e. The molecule has 0 aliphatic carbocycles. The normalized spacial score (nSPS) is 15.8. The third-order valence-corrected chi connectivity index (χ3v) is 7.52. The van der Waals surface area contributed by atoms with Gasteiger partial charge < -0.3 is 20.1 Å². The quantitative estimate of drug-likeness (QED) is 0.635. The van der Waals surface area contributed by atoms with Gasteiger partial charge in [-0.1, -0.05) is 6.08 Å². The van der Waals surface area contributed by atoms with Gasteiger partial charge >= 0.3 is 0 Å². The first-order valence-electron chi connectivity index (χ1n) is 11.4. The number of hydrogen-bond donors (Lipinski definition) is 2. The number of rotatable bonds is 8. The van der Waals surface area contributed by atoms with Gasteiger partial charge in [0.2, 0.25) is 0 Å². The molecule has 7 heteroatoms. The van der Waals surface area contributed by atoms with E-state index in [1.165, 1.54) is 10.5 Å². The van der Waals surface area contributed by atoms with E-state index < -0.39 is 0 Å². The third-order valence-electron chi connectivity index (χ3n) is 6.36. The zero-order chi connectivity index (χ0) is 23.3. The number of hydrogen-bond acceptors (Lipinski definition) is 5. The molecular weight excluding hydrogens is 420 g/mol. The van der Waals surface area contributed by atoms with Gasteiger partial charge in [-0.25, -0.2) is 0 Å². The van der Waals surface area contributed by atoms with Crippen molar-refractivity contribution in [3.63, 3.8) is 0 Å². The van der Waals surface area contributed by atoms with E-state index in [2.05, 4.69) is 40.1 Å². The van der Waals surface area contributed by atoms with E-state index in [1.54, 1.807) is 11.3 Å². The van der Waals surface area contributed by atoms with Gasteiger partial charge in [0, 0.05) is 54.2 Å². The maximum atomic E-state index is 12.9. The number of thiophene rings is 1. The average molecular weight is 457 g/mol. The lowest BCUT2D eigenvalue weighted by Gasteiger charge is -2.32. The standard InChI is InChI=1S/C25H36N4O2S/c1-6-20(8-7-9-29-12-10-28(5)11-13-29)23-19(4)22(16-32-23)24(30)26-15-21-17(2)14-18(3)27-25(21)31/h6,14,16H,7-13,15H2,1-5H3,(H,26,30)(H,27,31). The topological polar surface area (TPSA) is 68.4 Å². The molecule has 0 saturated carbocycles. The van der Waals surface area contributed by atoms with Crippen LogP contribution in [0.15, 0.2) is 22.3 Å². The van der Waals surface area contributed by atoms with Gasteiger partial charge in [0.05, 0.1) is 5.56 Å². The molecule has 1 saturated heterocycles. The molecule has 2 N–H and O–H groups in total. The molecule has 6 nitrogen and oxygen atoms in total. The van der Waals surface area contributed by atoms with Crippen LogP contribution in [-0.2, 0) is 6.54 Å². The Morgan fingerprint density at radius 2 is 1.94 bits per heavy atom. The fourth-order valence-electron chi connectivity index (χ4n) is 4.28. The van der Waals surface area contributed by atoms with Crippen molar-refractivity contribution in [3.8, 4) is 0 Å². The maximum Gasteiger partial charge on any atom is 0.253 e. The second-order valence-corrected chi connectivity index (χ2v) is 9.67. The number of nitrogens with zero attached hydrogens (tertiary/aromatic N) is 2. The summed E-state index contributed by atoms with van der Waals surface area (Å²) in [7, 11) is 2.18. The fourth-order valence-corrected chi connectivity index (χ4v) is 5.45. The Balaban J connectivity index is 1.59. The molecule has 3 heterocycles. The zero-order valence-corrected chi connectivity index (χ0v) is 20.8. The Labute approximate surface area is 195 Å². The van der Waals surface area contributed by atoms with Gasteiger partial charge in [-0.05, 0) is 76.9 Å². The van der Waals surface area contributed by atoms with Crippen LogP contribution in [0.5, 0.6) is 0 Å². The molecule has 1 aliphatic heterocycles. The molecule has 174 valence electrons. The summed E-state index contributed by atoms with van der Waals surface area (Å²) in [5.74, 6) is -0.128. The highest BCUT2D eigenvalue weighted by molar-refractivity contribution is 7.11. The van der Waals surface area contributed by atoms with Crippen molar-refractivity contribution in [2.45, 2.75) is 47.1 Å². The highest BCUT2D eigenvalue weighted by atomic mass is 32.1. The molecule has 2 aromatic rings. The molecule has 3 rings (SSSR count). The fraction of sp³-hybridized carbons (Fsp3) is 0.520. The SMILES string of the molecule is CC=C(CCCN1CCN(C)CC1)c1scc(C(=O)NCc2c(C)cc(C)[nH]c2=O)c1C. The lowest BCUT2D eigenvalue weighted by atomic mass is 10.0. The zero-order valence-electron chi connectivity index (χ0n) is 20.0. The first kappa shape index (κ1) is 24.4. The average Bonchev–Trinajstić information content (AvgIpc) is 3.13. The van der Waals surface area contributed by atoms with Crippen molar-refractivity contribution in [2.75, 3.05) is 39.8 Å². The Bertz CT molecular complexity index is 1030. The monoisotopic (exact) mass is 456 g/mol. The van der Waals surface area contributed by atoms with E-state index in [0.717, 1.165) is 62.4 Å². The molecule has 1 amide bonds. The van der Waals surface area contributed by atoms with Crippen LogP contribution in [0.25, 0.3) is 5.57 Å². The number of aryl methyl sites for hydroxylation is 2. The van der Waals surface area contributed by atoms with Crippen molar-refractivity contribution in [3.05, 3.63) is 60.7 Å². The lowest BCUT2D eigenvalue weighted by Crippen LogP contribution is -2.44. The predicted molar refractivity (Wildman–Crippen MR) is 134 cm³/mol. The summed E-state index contributed by atoms with van der Waals surface area (Å²) in [5.41, 5.74) is 5.22. The van der Waals surface area contributed by atoms with E-state index in [1.807, 2.05) is 32.2 Å². The Morgan fingerprint density at radius 3 is 2.59 bits per heavy atom. The smallest absolute Gasteiger partial charge is 0.253 e. The van der Waals surface area contributed by atoms with Crippen LogP contribution in [0.3, 0.4) is 0 Å². The maximum absolute atomic E-state index is 12.9. The van der Waals surface area contributed by atoms with Crippen LogP contribution in [-0.4, -0.2) is 60.5 Å².